The normalized spacial score (nSPS) is 10.5. The Morgan fingerprint density at radius 2 is 1.74 bits per heavy atom. The molecule has 0 unspecified atom stereocenters. The summed E-state index contributed by atoms with van der Waals surface area (Å²) in [7, 11) is 0. The number of aromatic nitrogens is 1. The maximum absolute atomic E-state index is 5.83. The molecule has 2 rings (SSSR count). The monoisotopic (exact) mass is 255 g/mol. The third-order valence-electron chi connectivity index (χ3n) is 3.23. The van der Waals surface area contributed by atoms with Gasteiger partial charge < -0.3 is 10.6 Å². The Bertz CT molecular complexity index is 546. The van der Waals surface area contributed by atoms with Gasteiger partial charge in [-0.2, -0.15) is 0 Å². The van der Waals surface area contributed by atoms with Gasteiger partial charge in [-0.3, -0.25) is 0 Å². The smallest absolute Gasteiger partial charge is 0.137 e. The maximum Gasteiger partial charge on any atom is 0.137 e. The molecule has 1 aromatic carbocycles. The van der Waals surface area contributed by atoms with Crippen LogP contribution in [0, 0.1) is 13.8 Å². The van der Waals surface area contributed by atoms with Gasteiger partial charge in [0, 0.05) is 30.0 Å². The molecule has 0 atom stereocenters. The number of nitrogens with two attached hydrogens (primary N) is 1. The van der Waals surface area contributed by atoms with E-state index >= 15 is 0 Å². The van der Waals surface area contributed by atoms with Crippen molar-refractivity contribution >= 4 is 11.5 Å². The highest BCUT2D eigenvalue weighted by Gasteiger charge is 2.12. The quantitative estimate of drug-likeness (QED) is 0.911. The van der Waals surface area contributed by atoms with Crippen molar-refractivity contribution in [2.45, 2.75) is 27.3 Å². The highest BCUT2D eigenvalue weighted by molar-refractivity contribution is 5.63. The van der Waals surface area contributed by atoms with Crippen molar-refractivity contribution < 1.29 is 0 Å². The van der Waals surface area contributed by atoms with Gasteiger partial charge in [-0.1, -0.05) is 23.8 Å². The summed E-state index contributed by atoms with van der Waals surface area (Å²) in [4.78, 5) is 6.86. The van der Waals surface area contributed by atoms with E-state index in [0.717, 1.165) is 29.3 Å². The topological polar surface area (TPSA) is 42.2 Å². The van der Waals surface area contributed by atoms with Crippen LogP contribution in [0.25, 0.3) is 0 Å². The van der Waals surface area contributed by atoms with E-state index in [-0.39, 0.29) is 0 Å². The zero-order chi connectivity index (χ0) is 13.8. The average molecular weight is 255 g/mol. The van der Waals surface area contributed by atoms with Gasteiger partial charge in [0.25, 0.3) is 0 Å². The van der Waals surface area contributed by atoms with Crippen molar-refractivity contribution in [1.82, 2.24) is 4.98 Å². The lowest BCUT2D eigenvalue weighted by atomic mass is 10.1. The molecule has 0 aliphatic rings. The van der Waals surface area contributed by atoms with Crippen LogP contribution in [0.5, 0.6) is 0 Å². The van der Waals surface area contributed by atoms with E-state index in [0.29, 0.717) is 6.54 Å². The van der Waals surface area contributed by atoms with Crippen LogP contribution < -0.4 is 10.6 Å². The molecule has 0 amide bonds. The standard InChI is InChI=1S/C16H21N3/c1-4-19(15-9-5-12(2)6-10-15)16-14(11-17)8-7-13(3)18-16/h5-10H,4,11,17H2,1-3H3. The third kappa shape index (κ3) is 2.93. The number of anilines is 2. The molecular weight excluding hydrogens is 234 g/mol. The number of benzene rings is 1. The van der Waals surface area contributed by atoms with Crippen LogP contribution >= 0.6 is 0 Å². The Morgan fingerprint density at radius 3 is 2.32 bits per heavy atom. The van der Waals surface area contributed by atoms with Crippen LogP contribution in [0.4, 0.5) is 11.5 Å². The first-order chi connectivity index (χ1) is 9.15. The zero-order valence-corrected chi connectivity index (χ0v) is 11.9. The number of rotatable bonds is 4. The largest absolute Gasteiger partial charge is 0.326 e. The fraction of sp³-hybridized carbons (Fsp3) is 0.312. The summed E-state index contributed by atoms with van der Waals surface area (Å²) >= 11 is 0. The second-order valence-corrected chi connectivity index (χ2v) is 4.72. The number of hydrogen-bond acceptors (Lipinski definition) is 3. The van der Waals surface area contributed by atoms with E-state index < -0.39 is 0 Å². The summed E-state index contributed by atoms with van der Waals surface area (Å²) in [6.07, 6.45) is 0. The van der Waals surface area contributed by atoms with Crippen molar-refractivity contribution in [2.75, 3.05) is 11.4 Å². The van der Waals surface area contributed by atoms with Crippen LogP contribution in [-0.2, 0) is 6.54 Å². The number of aryl methyl sites for hydroxylation is 2. The van der Waals surface area contributed by atoms with E-state index in [9.17, 15) is 0 Å². The van der Waals surface area contributed by atoms with Gasteiger partial charge in [-0.15, -0.1) is 0 Å². The van der Waals surface area contributed by atoms with Crippen LogP contribution in [-0.4, -0.2) is 11.5 Å². The molecule has 2 N–H and O–H groups in total. The average Bonchev–Trinajstić information content (AvgIpc) is 2.42. The van der Waals surface area contributed by atoms with Crippen LogP contribution in [0.2, 0.25) is 0 Å². The van der Waals surface area contributed by atoms with Crippen molar-refractivity contribution in [1.29, 1.82) is 0 Å². The Kier molecular flexibility index (Phi) is 4.17. The van der Waals surface area contributed by atoms with E-state index in [1.807, 2.05) is 13.0 Å². The first-order valence-electron chi connectivity index (χ1n) is 6.66. The Morgan fingerprint density at radius 1 is 1.05 bits per heavy atom. The van der Waals surface area contributed by atoms with Crippen molar-refractivity contribution in [2.24, 2.45) is 5.73 Å². The lowest BCUT2D eigenvalue weighted by molar-refractivity contribution is 0.938. The molecule has 0 fully saturated rings. The summed E-state index contributed by atoms with van der Waals surface area (Å²) in [6, 6.07) is 12.6. The van der Waals surface area contributed by atoms with Crippen LogP contribution in [0.15, 0.2) is 36.4 Å². The van der Waals surface area contributed by atoms with Crippen LogP contribution in [0.3, 0.4) is 0 Å². The lowest BCUT2D eigenvalue weighted by Gasteiger charge is -2.25. The van der Waals surface area contributed by atoms with Gasteiger partial charge in [-0.25, -0.2) is 4.98 Å². The fourth-order valence-corrected chi connectivity index (χ4v) is 2.14. The third-order valence-corrected chi connectivity index (χ3v) is 3.23. The molecule has 0 radical (unpaired) electrons. The van der Waals surface area contributed by atoms with E-state index in [2.05, 4.69) is 54.1 Å². The summed E-state index contributed by atoms with van der Waals surface area (Å²) < 4.78 is 0. The molecule has 2 aromatic rings. The molecule has 3 heteroatoms. The lowest BCUT2D eigenvalue weighted by Crippen LogP contribution is -2.20. The van der Waals surface area contributed by atoms with Gasteiger partial charge in [0.2, 0.25) is 0 Å². The maximum atomic E-state index is 5.83. The van der Waals surface area contributed by atoms with E-state index in [1.165, 1.54) is 5.56 Å². The molecule has 0 saturated carbocycles. The number of nitrogens with zero attached hydrogens (tertiary/aromatic N) is 2. The molecule has 0 bridgehead atoms. The van der Waals surface area contributed by atoms with Crippen molar-refractivity contribution in [3.05, 3.63) is 53.2 Å². The molecule has 19 heavy (non-hydrogen) atoms. The molecule has 0 aliphatic heterocycles. The molecule has 0 aliphatic carbocycles. The SMILES string of the molecule is CCN(c1ccc(C)cc1)c1nc(C)ccc1CN. The summed E-state index contributed by atoms with van der Waals surface area (Å²) in [6.45, 7) is 7.60. The molecule has 100 valence electrons. The minimum atomic E-state index is 0.505. The predicted molar refractivity (Wildman–Crippen MR) is 80.7 cm³/mol. The second kappa shape index (κ2) is 5.85. The Hall–Kier alpha value is -1.87. The minimum Gasteiger partial charge on any atom is -0.326 e. The first-order valence-corrected chi connectivity index (χ1v) is 6.66. The van der Waals surface area contributed by atoms with E-state index in [1.54, 1.807) is 0 Å². The fourth-order valence-electron chi connectivity index (χ4n) is 2.14. The first kappa shape index (κ1) is 13.6. The van der Waals surface area contributed by atoms with Crippen molar-refractivity contribution in [3.8, 4) is 0 Å². The van der Waals surface area contributed by atoms with Gasteiger partial charge in [0.1, 0.15) is 5.82 Å². The zero-order valence-electron chi connectivity index (χ0n) is 11.9. The van der Waals surface area contributed by atoms with Gasteiger partial charge in [0.15, 0.2) is 0 Å². The van der Waals surface area contributed by atoms with Crippen molar-refractivity contribution in [3.63, 3.8) is 0 Å². The van der Waals surface area contributed by atoms with E-state index in [4.69, 9.17) is 5.73 Å². The van der Waals surface area contributed by atoms with Gasteiger partial charge in [0.05, 0.1) is 0 Å². The molecule has 1 heterocycles. The molecule has 0 saturated heterocycles. The highest BCUT2D eigenvalue weighted by atomic mass is 15.2. The number of hydrogen-bond donors (Lipinski definition) is 1. The van der Waals surface area contributed by atoms with Crippen LogP contribution in [0.1, 0.15) is 23.7 Å². The van der Waals surface area contributed by atoms with Gasteiger partial charge in [-0.05, 0) is 39.0 Å². The summed E-state index contributed by atoms with van der Waals surface area (Å²) in [5.41, 5.74) is 10.3. The summed E-state index contributed by atoms with van der Waals surface area (Å²) in [5.74, 6) is 0.967. The molecule has 3 nitrogen and oxygen atoms in total. The second-order valence-electron chi connectivity index (χ2n) is 4.72. The van der Waals surface area contributed by atoms with Gasteiger partial charge >= 0.3 is 0 Å². The predicted octanol–water partition coefficient (Wildman–Crippen LogP) is 3.32. The summed E-state index contributed by atoms with van der Waals surface area (Å²) in [5, 5.41) is 0. The molecule has 1 aromatic heterocycles. The minimum absolute atomic E-state index is 0.505. The Labute approximate surface area is 115 Å². The highest BCUT2D eigenvalue weighted by Crippen LogP contribution is 2.27. The molecule has 0 spiro atoms. The number of pyridine rings is 1. The molecular formula is C16H21N3. The Balaban J connectivity index is 2.47.